The number of nitrogens with two attached hydrogens (primary N) is 1. The van der Waals surface area contributed by atoms with Crippen molar-refractivity contribution in [3.8, 4) is 5.75 Å². The zero-order chi connectivity index (χ0) is 29.4. The van der Waals surface area contributed by atoms with Gasteiger partial charge in [-0.25, -0.2) is 0 Å². The summed E-state index contributed by atoms with van der Waals surface area (Å²) in [5.74, 6) is 0.692. The van der Waals surface area contributed by atoms with Crippen LogP contribution in [0.25, 0.3) is 10.8 Å². The van der Waals surface area contributed by atoms with Crippen molar-refractivity contribution in [2.24, 2.45) is 0 Å². The van der Waals surface area contributed by atoms with Crippen LogP contribution in [0.1, 0.15) is 82.1 Å². The number of unbranched alkanes of at least 4 members (excludes halogenated alkanes) is 1. The Morgan fingerprint density at radius 3 is 2.43 bits per heavy atom. The maximum atomic E-state index is 13.1. The first kappa shape index (κ1) is 33.4. The lowest BCUT2D eigenvalue weighted by atomic mass is 9.93. The molecule has 4 rings (SSSR count). The van der Waals surface area contributed by atoms with Crippen LogP contribution in [-0.2, 0) is 11.3 Å². The molecule has 3 aromatic rings. The molecule has 0 atom stereocenters. The molecular weight excluding hydrogens is 592 g/mol. The van der Waals surface area contributed by atoms with Crippen molar-refractivity contribution in [1.29, 1.82) is 0 Å². The van der Waals surface area contributed by atoms with E-state index in [0.717, 1.165) is 58.2 Å². The number of hydrogen-bond acceptors (Lipinski definition) is 5. The van der Waals surface area contributed by atoms with Crippen LogP contribution in [0.4, 0.5) is 11.4 Å². The molecule has 0 radical (unpaired) electrons. The molecule has 42 heavy (non-hydrogen) atoms. The number of amides is 2. The van der Waals surface area contributed by atoms with Gasteiger partial charge in [0.1, 0.15) is 5.75 Å². The number of rotatable bonds is 12. The van der Waals surface area contributed by atoms with Gasteiger partial charge >= 0.3 is 0 Å². The van der Waals surface area contributed by atoms with Gasteiger partial charge in [-0.1, -0.05) is 45.7 Å². The molecule has 1 saturated carbocycles. The highest BCUT2D eigenvalue weighted by molar-refractivity contribution is 9.10. The highest BCUT2D eigenvalue weighted by Gasteiger charge is 2.22. The molecular formula is C34H47BrN4O3. The first-order chi connectivity index (χ1) is 19.8. The van der Waals surface area contributed by atoms with Gasteiger partial charge in [-0.15, -0.1) is 0 Å². The summed E-state index contributed by atoms with van der Waals surface area (Å²) in [6, 6.07) is 16.2. The number of methoxy groups -OCH3 is 1. The summed E-state index contributed by atoms with van der Waals surface area (Å²) in [5, 5.41) is 5.17. The molecule has 228 valence electrons. The third-order valence-electron chi connectivity index (χ3n) is 8.16. The fourth-order valence-corrected chi connectivity index (χ4v) is 6.28. The van der Waals surface area contributed by atoms with Crippen LogP contribution in [-0.4, -0.2) is 49.5 Å². The number of benzene rings is 3. The van der Waals surface area contributed by atoms with Crippen molar-refractivity contribution >= 4 is 49.9 Å². The molecule has 0 aromatic heterocycles. The van der Waals surface area contributed by atoms with Gasteiger partial charge in [0, 0.05) is 48.3 Å². The molecule has 3 N–H and O–H groups in total. The van der Waals surface area contributed by atoms with Crippen molar-refractivity contribution in [2.75, 3.05) is 37.4 Å². The second-order valence-electron chi connectivity index (χ2n) is 10.9. The molecule has 1 aliphatic rings. The van der Waals surface area contributed by atoms with Crippen LogP contribution in [0.5, 0.6) is 5.75 Å². The fraction of sp³-hybridized carbons (Fsp3) is 0.471. The number of nitrogens with zero attached hydrogens (tertiary/aromatic N) is 2. The summed E-state index contributed by atoms with van der Waals surface area (Å²) in [4.78, 5) is 29.8. The Bertz CT molecular complexity index is 1360. The van der Waals surface area contributed by atoms with Gasteiger partial charge in [0.2, 0.25) is 5.91 Å². The van der Waals surface area contributed by atoms with E-state index in [-0.39, 0.29) is 19.2 Å². The smallest absolute Gasteiger partial charge is 0.251 e. The van der Waals surface area contributed by atoms with Gasteiger partial charge in [0.05, 0.1) is 12.8 Å². The number of halogens is 1. The normalized spacial score (nSPS) is 13.5. The van der Waals surface area contributed by atoms with E-state index in [1.54, 1.807) is 25.0 Å². The zero-order valence-corrected chi connectivity index (χ0v) is 26.1. The highest BCUT2D eigenvalue weighted by Crippen LogP contribution is 2.30. The largest absolute Gasteiger partial charge is 0.497 e. The van der Waals surface area contributed by atoms with Crippen molar-refractivity contribution < 1.29 is 14.3 Å². The minimum atomic E-state index is -0.110. The average molecular weight is 640 g/mol. The molecule has 0 bridgehead atoms. The standard InChI is InChI=1S/C33H43BrN4O3.CH4/c1-4-37(28-10-6-5-7-11-28)22-27-18-26(21-31(34)32(27)35)33(40)36-16-8-9-17-38(23(2)39)29-14-12-25-20-30(41-3)15-13-24(25)19-29;/h12-15,18-21,28H,4-11,16-17,22,35H2,1-3H3,(H,36,40);1H4. The van der Waals surface area contributed by atoms with Crippen LogP contribution in [0.15, 0.2) is 53.0 Å². The van der Waals surface area contributed by atoms with Crippen LogP contribution in [0.2, 0.25) is 0 Å². The molecule has 8 heteroatoms. The summed E-state index contributed by atoms with van der Waals surface area (Å²) in [6.45, 7) is 6.60. The van der Waals surface area contributed by atoms with E-state index in [1.165, 1.54) is 32.1 Å². The van der Waals surface area contributed by atoms with Crippen molar-refractivity contribution in [1.82, 2.24) is 10.2 Å². The van der Waals surface area contributed by atoms with E-state index >= 15 is 0 Å². The number of nitrogen functional groups attached to an aromatic ring is 1. The number of carbonyl (C=O) groups excluding carboxylic acids is 2. The van der Waals surface area contributed by atoms with E-state index in [9.17, 15) is 9.59 Å². The SMILES string of the molecule is C.CCN(Cc1cc(C(=O)NCCCCN(C(C)=O)c2ccc3cc(OC)ccc3c2)cc(Br)c1N)C1CCCCC1. The molecule has 1 aliphatic carbocycles. The Morgan fingerprint density at radius 2 is 1.74 bits per heavy atom. The minimum Gasteiger partial charge on any atom is -0.497 e. The van der Waals surface area contributed by atoms with Gasteiger partial charge in [-0.3, -0.25) is 14.5 Å². The molecule has 0 spiro atoms. The van der Waals surface area contributed by atoms with Crippen molar-refractivity contribution in [3.05, 3.63) is 64.1 Å². The predicted molar refractivity (Wildman–Crippen MR) is 178 cm³/mol. The summed E-state index contributed by atoms with van der Waals surface area (Å²) in [6.07, 6.45) is 7.87. The number of ether oxygens (including phenoxy) is 1. The lowest BCUT2D eigenvalue weighted by molar-refractivity contribution is -0.116. The Hall–Kier alpha value is -3.10. The Labute approximate surface area is 259 Å². The van der Waals surface area contributed by atoms with Crippen molar-refractivity contribution in [2.45, 2.75) is 78.8 Å². The maximum absolute atomic E-state index is 13.1. The van der Waals surface area contributed by atoms with Gasteiger partial charge in [-0.2, -0.15) is 0 Å². The number of anilines is 2. The van der Waals surface area contributed by atoms with Crippen LogP contribution in [0.3, 0.4) is 0 Å². The molecule has 0 saturated heterocycles. The number of fused-ring (bicyclic) bond motifs is 1. The van der Waals surface area contributed by atoms with E-state index in [2.05, 4.69) is 33.1 Å². The fourth-order valence-electron chi connectivity index (χ4n) is 5.77. The lowest BCUT2D eigenvalue weighted by Gasteiger charge is -2.34. The Morgan fingerprint density at radius 1 is 1.02 bits per heavy atom. The second kappa shape index (κ2) is 15.9. The number of nitrogens with one attached hydrogen (secondary N) is 1. The Balaban J connectivity index is 0.00000484. The van der Waals surface area contributed by atoms with E-state index in [1.807, 2.05) is 42.5 Å². The van der Waals surface area contributed by atoms with E-state index in [4.69, 9.17) is 10.5 Å². The topological polar surface area (TPSA) is 87.9 Å². The maximum Gasteiger partial charge on any atom is 0.251 e. The number of hydrogen-bond donors (Lipinski definition) is 2. The summed E-state index contributed by atoms with van der Waals surface area (Å²) in [5.41, 5.74) is 9.59. The average Bonchev–Trinajstić information content (AvgIpc) is 2.99. The third-order valence-corrected chi connectivity index (χ3v) is 8.82. The van der Waals surface area contributed by atoms with Gasteiger partial charge in [-0.05, 0) is 101 Å². The second-order valence-corrected chi connectivity index (χ2v) is 11.8. The summed E-state index contributed by atoms with van der Waals surface area (Å²) in [7, 11) is 1.65. The quantitative estimate of drug-likeness (QED) is 0.158. The number of carbonyl (C=O) groups is 2. The van der Waals surface area contributed by atoms with Crippen LogP contribution >= 0.6 is 15.9 Å². The summed E-state index contributed by atoms with van der Waals surface area (Å²) >= 11 is 3.57. The molecule has 0 heterocycles. The Kier molecular flexibility index (Phi) is 12.7. The molecule has 0 unspecified atom stereocenters. The van der Waals surface area contributed by atoms with Crippen LogP contribution < -0.4 is 20.7 Å². The van der Waals surface area contributed by atoms with Gasteiger partial charge < -0.3 is 20.7 Å². The van der Waals surface area contributed by atoms with E-state index in [0.29, 0.717) is 30.4 Å². The third kappa shape index (κ3) is 8.48. The first-order valence-corrected chi connectivity index (χ1v) is 15.6. The highest BCUT2D eigenvalue weighted by atomic mass is 79.9. The monoisotopic (exact) mass is 638 g/mol. The first-order valence-electron chi connectivity index (χ1n) is 14.8. The molecule has 1 fully saturated rings. The van der Waals surface area contributed by atoms with E-state index < -0.39 is 0 Å². The van der Waals surface area contributed by atoms with Crippen LogP contribution in [0, 0.1) is 0 Å². The molecule has 3 aromatic carbocycles. The zero-order valence-electron chi connectivity index (χ0n) is 24.5. The van der Waals surface area contributed by atoms with Gasteiger partial charge in [0.25, 0.3) is 5.91 Å². The molecule has 7 nitrogen and oxygen atoms in total. The van der Waals surface area contributed by atoms with Gasteiger partial charge in [0.15, 0.2) is 0 Å². The lowest BCUT2D eigenvalue weighted by Crippen LogP contribution is -2.36. The minimum absolute atomic E-state index is 0. The summed E-state index contributed by atoms with van der Waals surface area (Å²) < 4.78 is 6.07. The molecule has 0 aliphatic heterocycles. The predicted octanol–water partition coefficient (Wildman–Crippen LogP) is 7.55. The van der Waals surface area contributed by atoms with Crippen molar-refractivity contribution in [3.63, 3.8) is 0 Å². The molecule has 2 amide bonds.